The highest BCUT2D eigenvalue weighted by molar-refractivity contribution is 5.51. The number of benzene rings is 1. The molecule has 3 aromatic rings. The molecule has 0 amide bonds. The van der Waals surface area contributed by atoms with Crippen LogP contribution in [0.5, 0.6) is 0 Å². The van der Waals surface area contributed by atoms with Crippen LogP contribution in [0.15, 0.2) is 70.3 Å². The van der Waals surface area contributed by atoms with Crippen molar-refractivity contribution < 1.29 is 4.42 Å². The minimum absolute atomic E-state index is 0.0732. The summed E-state index contributed by atoms with van der Waals surface area (Å²) in [5.41, 5.74) is 1.75. The predicted octanol–water partition coefficient (Wildman–Crippen LogP) is 2.61. The summed E-state index contributed by atoms with van der Waals surface area (Å²) in [6, 6.07) is 13.1. The molecule has 5 heteroatoms. The maximum absolute atomic E-state index is 11.8. The normalized spacial score (nSPS) is 11.0. The third-order valence-corrected chi connectivity index (χ3v) is 3.00. The number of nitrogens with zero attached hydrogens (tertiary/aromatic N) is 3. The summed E-state index contributed by atoms with van der Waals surface area (Å²) in [4.78, 5) is 11.8. The van der Waals surface area contributed by atoms with Crippen molar-refractivity contribution in [1.82, 2.24) is 14.8 Å². The highest BCUT2D eigenvalue weighted by atomic mass is 16.4. The summed E-state index contributed by atoms with van der Waals surface area (Å²) >= 11 is 0. The fraction of sp³-hybridized carbons (Fsp3) is 0.0625. The summed E-state index contributed by atoms with van der Waals surface area (Å²) in [7, 11) is 0. The van der Waals surface area contributed by atoms with E-state index < -0.39 is 0 Å². The molecule has 0 fully saturated rings. The van der Waals surface area contributed by atoms with E-state index in [4.69, 9.17) is 4.42 Å². The standard InChI is InChI=1S/C16H13N3O2/c20-15-9-8-14(16-18-17-12-21-16)11-19(15)10-4-7-13-5-2-1-3-6-13/h1-9,11-12H,10H2. The Bertz CT molecular complexity index is 790. The lowest BCUT2D eigenvalue weighted by atomic mass is 10.2. The van der Waals surface area contributed by atoms with Crippen molar-refractivity contribution in [2.75, 3.05) is 0 Å². The Balaban J connectivity index is 1.81. The number of hydrogen-bond donors (Lipinski definition) is 0. The second-order valence-corrected chi connectivity index (χ2v) is 4.47. The van der Waals surface area contributed by atoms with Crippen LogP contribution in [0.3, 0.4) is 0 Å². The van der Waals surface area contributed by atoms with Crippen molar-refractivity contribution in [3.05, 3.63) is 77.0 Å². The van der Waals surface area contributed by atoms with Gasteiger partial charge in [-0.2, -0.15) is 0 Å². The smallest absolute Gasteiger partial charge is 0.250 e. The average molecular weight is 279 g/mol. The van der Waals surface area contributed by atoms with E-state index in [0.29, 0.717) is 12.4 Å². The molecule has 0 N–H and O–H groups in total. The first-order chi connectivity index (χ1) is 10.3. The van der Waals surface area contributed by atoms with Gasteiger partial charge in [-0.05, 0) is 11.6 Å². The molecule has 2 heterocycles. The van der Waals surface area contributed by atoms with Gasteiger partial charge in [0, 0.05) is 18.8 Å². The molecule has 0 aliphatic rings. The molecule has 5 nitrogen and oxygen atoms in total. The number of aromatic nitrogens is 3. The highest BCUT2D eigenvalue weighted by Crippen LogP contribution is 2.13. The monoisotopic (exact) mass is 279 g/mol. The topological polar surface area (TPSA) is 60.9 Å². The van der Waals surface area contributed by atoms with Crippen molar-refractivity contribution in [2.45, 2.75) is 6.54 Å². The van der Waals surface area contributed by atoms with Gasteiger partial charge in [0.05, 0.1) is 5.56 Å². The molecule has 0 spiro atoms. The third kappa shape index (κ3) is 3.14. The maximum Gasteiger partial charge on any atom is 0.250 e. The fourth-order valence-corrected chi connectivity index (χ4v) is 1.97. The zero-order valence-corrected chi connectivity index (χ0v) is 11.2. The summed E-state index contributed by atoms with van der Waals surface area (Å²) in [5, 5.41) is 7.47. The minimum Gasteiger partial charge on any atom is -0.423 e. The molecule has 3 rings (SSSR count). The zero-order valence-electron chi connectivity index (χ0n) is 11.2. The fourth-order valence-electron chi connectivity index (χ4n) is 1.97. The molecule has 0 saturated heterocycles. The molecule has 0 bridgehead atoms. The first kappa shape index (κ1) is 13.1. The molecular weight excluding hydrogens is 266 g/mol. The van der Waals surface area contributed by atoms with Crippen LogP contribution in [0.2, 0.25) is 0 Å². The minimum atomic E-state index is -0.0732. The number of pyridine rings is 1. The van der Waals surface area contributed by atoms with Crippen LogP contribution in [-0.4, -0.2) is 14.8 Å². The Hall–Kier alpha value is -2.95. The van der Waals surface area contributed by atoms with Gasteiger partial charge in [-0.15, -0.1) is 10.2 Å². The van der Waals surface area contributed by atoms with Gasteiger partial charge in [-0.25, -0.2) is 0 Å². The van der Waals surface area contributed by atoms with Gasteiger partial charge in [0.1, 0.15) is 0 Å². The molecule has 0 atom stereocenters. The number of rotatable bonds is 4. The lowest BCUT2D eigenvalue weighted by molar-refractivity contribution is 0.567. The molecule has 2 aromatic heterocycles. The molecular formula is C16H13N3O2. The lowest BCUT2D eigenvalue weighted by Gasteiger charge is -2.03. The van der Waals surface area contributed by atoms with Crippen LogP contribution in [-0.2, 0) is 6.54 Å². The maximum atomic E-state index is 11.8. The first-order valence-electron chi connectivity index (χ1n) is 6.51. The Kier molecular flexibility index (Phi) is 3.73. The van der Waals surface area contributed by atoms with Crippen molar-refractivity contribution >= 4 is 6.08 Å². The average Bonchev–Trinajstić information content (AvgIpc) is 3.04. The van der Waals surface area contributed by atoms with Crippen LogP contribution in [0, 0.1) is 0 Å². The van der Waals surface area contributed by atoms with E-state index in [1.54, 1.807) is 16.8 Å². The molecule has 21 heavy (non-hydrogen) atoms. The van der Waals surface area contributed by atoms with E-state index in [-0.39, 0.29) is 5.56 Å². The summed E-state index contributed by atoms with van der Waals surface area (Å²) < 4.78 is 6.73. The van der Waals surface area contributed by atoms with Crippen LogP contribution in [0.4, 0.5) is 0 Å². The van der Waals surface area contributed by atoms with E-state index in [0.717, 1.165) is 11.1 Å². The van der Waals surface area contributed by atoms with Crippen molar-refractivity contribution in [3.8, 4) is 11.5 Å². The van der Waals surface area contributed by atoms with Crippen LogP contribution in [0.1, 0.15) is 5.56 Å². The molecule has 0 aliphatic carbocycles. The van der Waals surface area contributed by atoms with E-state index in [1.807, 2.05) is 42.5 Å². The van der Waals surface area contributed by atoms with Gasteiger partial charge in [-0.1, -0.05) is 42.5 Å². The van der Waals surface area contributed by atoms with Gasteiger partial charge in [0.15, 0.2) is 0 Å². The summed E-state index contributed by atoms with van der Waals surface area (Å²) in [5.74, 6) is 0.399. The Morgan fingerprint density at radius 2 is 2.00 bits per heavy atom. The van der Waals surface area contributed by atoms with Crippen molar-refractivity contribution in [1.29, 1.82) is 0 Å². The first-order valence-corrected chi connectivity index (χ1v) is 6.51. The van der Waals surface area contributed by atoms with E-state index in [1.165, 1.54) is 12.5 Å². The quantitative estimate of drug-likeness (QED) is 0.736. The molecule has 1 aromatic carbocycles. The van der Waals surface area contributed by atoms with Crippen LogP contribution in [0.25, 0.3) is 17.5 Å². The largest absolute Gasteiger partial charge is 0.423 e. The summed E-state index contributed by atoms with van der Waals surface area (Å²) in [6.07, 6.45) is 6.89. The molecule has 0 radical (unpaired) electrons. The van der Waals surface area contributed by atoms with Gasteiger partial charge in [0.25, 0.3) is 5.56 Å². The van der Waals surface area contributed by atoms with Crippen molar-refractivity contribution in [3.63, 3.8) is 0 Å². The van der Waals surface area contributed by atoms with Gasteiger partial charge in [-0.3, -0.25) is 4.79 Å². The lowest BCUT2D eigenvalue weighted by Crippen LogP contribution is -2.17. The third-order valence-electron chi connectivity index (χ3n) is 3.00. The van der Waals surface area contributed by atoms with Crippen molar-refractivity contribution in [2.24, 2.45) is 0 Å². The Morgan fingerprint density at radius 1 is 1.14 bits per heavy atom. The Labute approximate surface area is 121 Å². The second kappa shape index (κ2) is 6.00. The molecule has 0 saturated carbocycles. The van der Waals surface area contributed by atoms with Gasteiger partial charge >= 0.3 is 0 Å². The Morgan fingerprint density at radius 3 is 2.76 bits per heavy atom. The van der Waals surface area contributed by atoms with Gasteiger partial charge in [0.2, 0.25) is 12.3 Å². The number of allylic oxidation sites excluding steroid dienone is 1. The highest BCUT2D eigenvalue weighted by Gasteiger charge is 2.04. The van der Waals surface area contributed by atoms with Crippen LogP contribution < -0.4 is 5.56 Å². The second-order valence-electron chi connectivity index (χ2n) is 4.47. The predicted molar refractivity (Wildman–Crippen MR) is 79.5 cm³/mol. The number of hydrogen-bond acceptors (Lipinski definition) is 4. The molecule has 0 unspecified atom stereocenters. The SMILES string of the molecule is O=c1ccc(-c2nnco2)cn1CC=Cc1ccccc1. The van der Waals surface area contributed by atoms with E-state index in [2.05, 4.69) is 10.2 Å². The van der Waals surface area contributed by atoms with Crippen LogP contribution >= 0.6 is 0 Å². The van der Waals surface area contributed by atoms with Gasteiger partial charge < -0.3 is 8.98 Å². The molecule has 104 valence electrons. The molecule has 0 aliphatic heterocycles. The van der Waals surface area contributed by atoms with E-state index in [9.17, 15) is 4.79 Å². The summed E-state index contributed by atoms with van der Waals surface area (Å²) in [6.45, 7) is 0.482. The van der Waals surface area contributed by atoms with E-state index >= 15 is 0 Å². The zero-order chi connectivity index (χ0) is 14.5.